The molecule has 1 aromatic heterocycles. The van der Waals surface area contributed by atoms with Gasteiger partial charge in [-0.05, 0) is 42.3 Å². The van der Waals surface area contributed by atoms with Crippen LogP contribution in [0.3, 0.4) is 0 Å². The van der Waals surface area contributed by atoms with Crippen LogP contribution in [0.2, 0.25) is 0 Å². The molecule has 12 heteroatoms. The van der Waals surface area contributed by atoms with Gasteiger partial charge in [0, 0.05) is 38.6 Å². The molecule has 2 heterocycles. The molecular formula is C27H33F3N6O3. The van der Waals surface area contributed by atoms with Gasteiger partial charge in [0.05, 0.1) is 22.2 Å². The number of hydrogen-bond acceptors (Lipinski definition) is 6. The number of aromatic nitrogens is 2. The van der Waals surface area contributed by atoms with Crippen LogP contribution in [-0.2, 0) is 4.79 Å². The summed E-state index contributed by atoms with van der Waals surface area (Å²) in [5, 5.41) is 9.60. The lowest BCUT2D eigenvalue weighted by molar-refractivity contribution is -0.188. The van der Waals surface area contributed by atoms with E-state index in [9.17, 15) is 22.8 Å². The van der Waals surface area contributed by atoms with Gasteiger partial charge in [-0.15, -0.1) is 0 Å². The normalized spacial score (nSPS) is 15.4. The molecule has 0 bridgehead atoms. The number of aromatic amines is 1. The lowest BCUT2D eigenvalue weighted by Gasteiger charge is -2.39. The molecule has 1 aliphatic heterocycles. The van der Waals surface area contributed by atoms with E-state index in [2.05, 4.69) is 15.5 Å². The molecule has 4 N–H and O–H groups in total. The molecule has 0 unspecified atom stereocenters. The minimum absolute atomic E-state index is 0.0271. The number of rotatable bonds is 5. The van der Waals surface area contributed by atoms with E-state index >= 15 is 0 Å². The number of nitrogens with zero attached hydrogens (tertiary/aromatic N) is 3. The lowest BCUT2D eigenvalue weighted by atomic mass is 9.94. The Kier molecular flexibility index (Phi) is 7.42. The van der Waals surface area contributed by atoms with Crippen molar-refractivity contribution in [1.82, 2.24) is 20.4 Å². The molecule has 1 aliphatic rings. The van der Waals surface area contributed by atoms with E-state index < -0.39 is 17.7 Å². The Bertz CT molecular complexity index is 1390. The van der Waals surface area contributed by atoms with Crippen molar-refractivity contribution in [3.05, 3.63) is 35.9 Å². The summed E-state index contributed by atoms with van der Waals surface area (Å²) >= 11 is 0. The van der Waals surface area contributed by atoms with Crippen LogP contribution in [0, 0.1) is 5.41 Å². The van der Waals surface area contributed by atoms with Gasteiger partial charge in [-0.25, -0.2) is 0 Å². The number of alkyl halides is 3. The van der Waals surface area contributed by atoms with Crippen LogP contribution in [-0.4, -0.2) is 72.4 Å². The first-order chi connectivity index (χ1) is 18.2. The third-order valence-electron chi connectivity index (χ3n) is 6.77. The van der Waals surface area contributed by atoms with Gasteiger partial charge >= 0.3 is 6.18 Å². The zero-order chi connectivity index (χ0) is 28.7. The van der Waals surface area contributed by atoms with Gasteiger partial charge in [0.25, 0.3) is 5.91 Å². The number of nitrogens with two attached hydrogens (primary N) is 1. The number of nitrogen functional groups attached to an aromatic ring is 1. The lowest BCUT2D eigenvalue weighted by Crippen LogP contribution is -2.52. The molecule has 4 rings (SSSR count). The molecule has 0 spiro atoms. The first kappa shape index (κ1) is 28.1. The first-order valence-electron chi connectivity index (χ1n) is 12.6. The van der Waals surface area contributed by atoms with Crippen molar-refractivity contribution in [3.8, 4) is 16.9 Å². The number of halogens is 3. The summed E-state index contributed by atoms with van der Waals surface area (Å²) in [5.41, 5.74) is 8.16. The molecule has 2 amide bonds. The fourth-order valence-electron chi connectivity index (χ4n) is 4.59. The first-order valence-corrected chi connectivity index (χ1v) is 12.6. The standard InChI is InChI=1S/C27H33F3N6O3/c1-15(27(28,29)30)39-21-14-17(12-19-22(21)23(31)34-33-19)16-6-7-18(24(37)32-5)20(13-16)35-8-10-36(11-9-35)25(38)26(2,3)4/h6-7,12-15H,8-11H2,1-5H3,(H,32,37)(H3,31,33,34)/t15-/m1/s1. The minimum atomic E-state index is -4.57. The van der Waals surface area contributed by atoms with Gasteiger partial charge in [-0.3, -0.25) is 14.7 Å². The number of ether oxygens (including phenoxy) is 1. The summed E-state index contributed by atoms with van der Waals surface area (Å²) in [7, 11) is 1.54. The van der Waals surface area contributed by atoms with Crippen molar-refractivity contribution in [2.24, 2.45) is 5.41 Å². The molecule has 1 saturated heterocycles. The number of hydrogen-bond donors (Lipinski definition) is 3. The number of anilines is 2. The topological polar surface area (TPSA) is 117 Å². The maximum atomic E-state index is 13.3. The number of amides is 2. The number of benzene rings is 2. The number of nitrogens with one attached hydrogen (secondary N) is 2. The Balaban J connectivity index is 1.73. The molecule has 3 aromatic rings. The van der Waals surface area contributed by atoms with E-state index in [1.165, 1.54) is 6.07 Å². The van der Waals surface area contributed by atoms with E-state index in [1.807, 2.05) is 36.6 Å². The number of piperazine rings is 1. The van der Waals surface area contributed by atoms with Crippen LogP contribution in [0.4, 0.5) is 24.7 Å². The Hall–Kier alpha value is -3.96. The number of fused-ring (bicyclic) bond motifs is 1. The van der Waals surface area contributed by atoms with Gasteiger partial charge in [-0.1, -0.05) is 26.8 Å². The molecule has 0 saturated carbocycles. The van der Waals surface area contributed by atoms with E-state index in [0.29, 0.717) is 54.1 Å². The maximum Gasteiger partial charge on any atom is 0.425 e. The Labute approximate surface area is 224 Å². The van der Waals surface area contributed by atoms with Gasteiger partial charge in [0.1, 0.15) is 5.75 Å². The van der Waals surface area contributed by atoms with Crippen LogP contribution in [0.5, 0.6) is 5.75 Å². The van der Waals surface area contributed by atoms with E-state index in [4.69, 9.17) is 10.5 Å². The zero-order valence-electron chi connectivity index (χ0n) is 22.6. The summed E-state index contributed by atoms with van der Waals surface area (Å²) in [6, 6.07) is 8.45. The molecule has 2 aromatic carbocycles. The van der Waals surface area contributed by atoms with Crippen molar-refractivity contribution in [2.75, 3.05) is 43.9 Å². The van der Waals surface area contributed by atoms with Gasteiger partial charge < -0.3 is 25.6 Å². The third kappa shape index (κ3) is 5.74. The number of carbonyl (C=O) groups is 2. The second-order valence-electron chi connectivity index (χ2n) is 10.6. The largest absolute Gasteiger partial charge is 0.480 e. The van der Waals surface area contributed by atoms with Crippen LogP contribution in [0.15, 0.2) is 30.3 Å². The van der Waals surface area contributed by atoms with E-state index in [-0.39, 0.29) is 28.8 Å². The highest BCUT2D eigenvalue weighted by Crippen LogP contribution is 2.38. The smallest absolute Gasteiger partial charge is 0.425 e. The monoisotopic (exact) mass is 546 g/mol. The van der Waals surface area contributed by atoms with E-state index in [1.54, 1.807) is 25.2 Å². The highest BCUT2D eigenvalue weighted by molar-refractivity contribution is 6.01. The highest BCUT2D eigenvalue weighted by Gasteiger charge is 2.38. The summed E-state index contributed by atoms with van der Waals surface area (Å²) in [6.07, 6.45) is -6.64. The Morgan fingerprint density at radius 1 is 1.08 bits per heavy atom. The molecular weight excluding hydrogens is 513 g/mol. The average molecular weight is 547 g/mol. The molecule has 1 fully saturated rings. The van der Waals surface area contributed by atoms with Crippen molar-refractivity contribution < 1.29 is 27.5 Å². The second-order valence-corrected chi connectivity index (χ2v) is 10.6. The van der Waals surface area contributed by atoms with Crippen LogP contribution in [0.1, 0.15) is 38.1 Å². The van der Waals surface area contributed by atoms with Crippen molar-refractivity contribution in [2.45, 2.75) is 40.0 Å². The molecule has 1 atom stereocenters. The van der Waals surface area contributed by atoms with Crippen molar-refractivity contribution >= 4 is 34.2 Å². The summed E-state index contributed by atoms with van der Waals surface area (Å²) in [5.74, 6) is -0.233. The highest BCUT2D eigenvalue weighted by atomic mass is 19.4. The molecule has 0 radical (unpaired) electrons. The SMILES string of the molecule is CNC(=O)c1ccc(-c2cc(O[C@H](C)C(F)(F)F)c3c(N)n[nH]c3c2)cc1N1CCN(C(=O)C(C)(C)C)CC1. The van der Waals surface area contributed by atoms with Gasteiger partial charge in [0.15, 0.2) is 11.9 Å². The van der Waals surface area contributed by atoms with Crippen LogP contribution in [0.25, 0.3) is 22.0 Å². The maximum absolute atomic E-state index is 13.3. The quantitative estimate of drug-likeness (QED) is 0.442. The number of carbonyl (C=O) groups excluding carboxylic acids is 2. The zero-order valence-corrected chi connectivity index (χ0v) is 22.6. The average Bonchev–Trinajstić information content (AvgIpc) is 3.27. The Morgan fingerprint density at radius 3 is 2.33 bits per heavy atom. The summed E-state index contributed by atoms with van der Waals surface area (Å²) in [6.45, 7) is 8.60. The van der Waals surface area contributed by atoms with Crippen LogP contribution < -0.4 is 20.7 Å². The minimum Gasteiger partial charge on any atom is -0.480 e. The fourth-order valence-corrected chi connectivity index (χ4v) is 4.59. The van der Waals surface area contributed by atoms with Gasteiger partial charge in [0.2, 0.25) is 5.91 Å². The second kappa shape index (κ2) is 10.3. The predicted octanol–water partition coefficient (Wildman–Crippen LogP) is 4.20. The fraction of sp³-hybridized carbons (Fsp3) is 0.444. The molecule has 210 valence electrons. The number of H-pyrrole nitrogens is 1. The molecule has 39 heavy (non-hydrogen) atoms. The predicted molar refractivity (Wildman–Crippen MR) is 144 cm³/mol. The summed E-state index contributed by atoms with van der Waals surface area (Å²) in [4.78, 5) is 29.3. The molecule has 0 aliphatic carbocycles. The summed E-state index contributed by atoms with van der Waals surface area (Å²) < 4.78 is 45.2. The van der Waals surface area contributed by atoms with Crippen LogP contribution >= 0.6 is 0 Å². The molecule has 9 nitrogen and oxygen atoms in total. The van der Waals surface area contributed by atoms with Gasteiger partial charge in [-0.2, -0.15) is 18.3 Å². The Morgan fingerprint density at radius 2 is 1.74 bits per heavy atom. The van der Waals surface area contributed by atoms with Crippen molar-refractivity contribution in [3.63, 3.8) is 0 Å². The van der Waals surface area contributed by atoms with E-state index in [0.717, 1.165) is 6.92 Å². The van der Waals surface area contributed by atoms with Crippen molar-refractivity contribution in [1.29, 1.82) is 0 Å². The third-order valence-corrected chi connectivity index (χ3v) is 6.77.